The molecule has 2 atom stereocenters. The van der Waals surface area contributed by atoms with Crippen molar-refractivity contribution in [3.8, 4) is 0 Å². The molecule has 0 spiro atoms. The lowest BCUT2D eigenvalue weighted by atomic mass is 10.1. The van der Waals surface area contributed by atoms with Crippen LogP contribution in [-0.2, 0) is 24.2 Å². The summed E-state index contributed by atoms with van der Waals surface area (Å²) in [5, 5.41) is -2.18. The van der Waals surface area contributed by atoms with Crippen LogP contribution in [0.5, 0.6) is 0 Å². The third kappa shape index (κ3) is 2.85. The van der Waals surface area contributed by atoms with E-state index in [2.05, 4.69) is 15.9 Å². The lowest BCUT2D eigenvalue weighted by Gasteiger charge is -2.47. The van der Waals surface area contributed by atoms with Gasteiger partial charge in [0.05, 0.1) is 5.75 Å². The standard InChI is InChI=1S/C12H15BrClNO5S/c1-12(2,3)20-11(17)8-6(4-13)5-21(18,19)10-7(14)9(16)15(8)10/h7,10H,4-5H2,1-3H3/t7-,10+/m0/s1. The highest BCUT2D eigenvalue weighted by atomic mass is 79.9. The largest absolute Gasteiger partial charge is 0.455 e. The van der Waals surface area contributed by atoms with Gasteiger partial charge in [-0.3, -0.25) is 9.69 Å². The molecular formula is C12H15BrClNO5S. The van der Waals surface area contributed by atoms with Crippen LogP contribution in [-0.4, -0.2) is 52.6 Å². The maximum atomic E-state index is 12.3. The van der Waals surface area contributed by atoms with Gasteiger partial charge in [0.15, 0.2) is 15.2 Å². The zero-order chi connectivity index (χ0) is 16.2. The first kappa shape index (κ1) is 16.8. The van der Waals surface area contributed by atoms with Crippen molar-refractivity contribution in [2.45, 2.75) is 37.1 Å². The van der Waals surface area contributed by atoms with Crippen LogP contribution in [0.25, 0.3) is 0 Å². The molecule has 0 aromatic carbocycles. The van der Waals surface area contributed by atoms with Crippen LogP contribution in [0.4, 0.5) is 0 Å². The summed E-state index contributed by atoms with van der Waals surface area (Å²) in [5.74, 6) is -1.62. The summed E-state index contributed by atoms with van der Waals surface area (Å²) in [5.41, 5.74) is -0.456. The Balaban J connectivity index is 2.48. The summed E-state index contributed by atoms with van der Waals surface area (Å²) < 4.78 is 29.5. The molecule has 1 amide bonds. The lowest BCUT2D eigenvalue weighted by Crippen LogP contribution is -2.68. The van der Waals surface area contributed by atoms with E-state index in [1.54, 1.807) is 20.8 Å². The molecule has 2 rings (SSSR count). The number of sulfone groups is 1. The van der Waals surface area contributed by atoms with Crippen molar-refractivity contribution in [1.29, 1.82) is 0 Å². The molecule has 1 saturated heterocycles. The third-order valence-corrected chi connectivity index (χ3v) is 6.27. The van der Waals surface area contributed by atoms with Gasteiger partial charge in [0.1, 0.15) is 16.7 Å². The van der Waals surface area contributed by atoms with Crippen LogP contribution >= 0.6 is 27.5 Å². The number of hydrogen-bond acceptors (Lipinski definition) is 5. The molecule has 0 aromatic rings. The Morgan fingerprint density at radius 3 is 2.52 bits per heavy atom. The quantitative estimate of drug-likeness (QED) is 0.395. The van der Waals surface area contributed by atoms with Crippen molar-refractivity contribution < 1.29 is 22.7 Å². The average Bonchev–Trinajstić information content (AvgIpc) is 2.33. The first-order valence-corrected chi connectivity index (χ1v) is 9.47. The van der Waals surface area contributed by atoms with Crippen molar-refractivity contribution >= 4 is 49.2 Å². The molecule has 6 nitrogen and oxygen atoms in total. The van der Waals surface area contributed by atoms with Gasteiger partial charge in [0.2, 0.25) is 5.91 Å². The number of nitrogens with zero attached hydrogens (tertiary/aromatic N) is 1. The normalized spacial score (nSPS) is 28.0. The van der Waals surface area contributed by atoms with E-state index in [0.717, 1.165) is 4.90 Å². The number of halogens is 2. The summed E-state index contributed by atoms with van der Waals surface area (Å²) in [6.45, 7) is 5.08. The molecule has 0 unspecified atom stereocenters. The summed E-state index contributed by atoms with van der Waals surface area (Å²) in [6.07, 6.45) is 0. The van der Waals surface area contributed by atoms with E-state index < -0.39 is 38.1 Å². The fourth-order valence-electron chi connectivity index (χ4n) is 2.25. The minimum absolute atomic E-state index is 0.0106. The highest BCUT2D eigenvalue weighted by molar-refractivity contribution is 9.09. The van der Waals surface area contributed by atoms with Gasteiger partial charge in [0.25, 0.3) is 0 Å². The topological polar surface area (TPSA) is 80.8 Å². The Morgan fingerprint density at radius 2 is 2.05 bits per heavy atom. The van der Waals surface area contributed by atoms with Gasteiger partial charge >= 0.3 is 5.97 Å². The molecular weight excluding hydrogens is 386 g/mol. The summed E-state index contributed by atoms with van der Waals surface area (Å²) in [7, 11) is -3.60. The van der Waals surface area contributed by atoms with Crippen LogP contribution in [0.15, 0.2) is 11.3 Å². The number of fused-ring (bicyclic) bond motifs is 1. The molecule has 118 valence electrons. The number of carbonyl (C=O) groups is 2. The highest BCUT2D eigenvalue weighted by Crippen LogP contribution is 2.40. The molecule has 1 fully saturated rings. The van der Waals surface area contributed by atoms with Crippen molar-refractivity contribution in [2.75, 3.05) is 11.1 Å². The molecule has 0 radical (unpaired) electrons. The maximum absolute atomic E-state index is 12.3. The second-order valence-corrected chi connectivity index (χ2v) is 9.02. The highest BCUT2D eigenvalue weighted by Gasteiger charge is 2.59. The monoisotopic (exact) mass is 399 g/mol. The fourth-order valence-corrected chi connectivity index (χ4v) is 5.57. The number of β-lactam (4-membered cyclic amide) rings is 1. The Labute approximate surface area is 136 Å². The second-order valence-electron chi connectivity index (χ2n) is 5.90. The molecule has 0 aromatic heterocycles. The van der Waals surface area contributed by atoms with Gasteiger partial charge in [-0.15, -0.1) is 11.6 Å². The Bertz CT molecular complexity index is 637. The van der Waals surface area contributed by atoms with Gasteiger partial charge in [-0.2, -0.15) is 0 Å². The van der Waals surface area contributed by atoms with Gasteiger partial charge in [0, 0.05) is 5.33 Å². The predicted molar refractivity (Wildman–Crippen MR) is 80.7 cm³/mol. The molecule has 2 heterocycles. The Kier molecular flexibility index (Phi) is 4.18. The number of esters is 1. The summed E-state index contributed by atoms with van der Waals surface area (Å²) >= 11 is 8.95. The van der Waals surface area contributed by atoms with Crippen LogP contribution in [0.3, 0.4) is 0 Å². The Hall–Kier alpha value is -0.600. The van der Waals surface area contributed by atoms with Crippen LogP contribution in [0.2, 0.25) is 0 Å². The zero-order valence-electron chi connectivity index (χ0n) is 11.7. The Morgan fingerprint density at radius 1 is 1.48 bits per heavy atom. The number of rotatable bonds is 2. The van der Waals surface area contributed by atoms with Crippen LogP contribution < -0.4 is 0 Å². The van der Waals surface area contributed by atoms with Gasteiger partial charge in [-0.25, -0.2) is 13.2 Å². The van der Waals surface area contributed by atoms with E-state index in [4.69, 9.17) is 16.3 Å². The fraction of sp³-hybridized carbons (Fsp3) is 0.667. The first-order chi connectivity index (χ1) is 9.49. The van der Waals surface area contributed by atoms with Crippen molar-refractivity contribution in [3.05, 3.63) is 11.3 Å². The number of hydrogen-bond donors (Lipinski definition) is 0. The lowest BCUT2D eigenvalue weighted by molar-refractivity contribution is -0.157. The van der Waals surface area contributed by atoms with Crippen molar-refractivity contribution in [1.82, 2.24) is 4.90 Å². The average molecular weight is 401 g/mol. The number of alkyl halides is 2. The van der Waals surface area contributed by atoms with E-state index in [9.17, 15) is 18.0 Å². The van der Waals surface area contributed by atoms with E-state index in [1.807, 2.05) is 0 Å². The smallest absolute Gasteiger partial charge is 0.355 e. The zero-order valence-corrected chi connectivity index (χ0v) is 14.9. The predicted octanol–water partition coefficient (Wildman–Crippen LogP) is 1.18. The number of ether oxygens (including phenoxy) is 1. The van der Waals surface area contributed by atoms with Crippen molar-refractivity contribution in [2.24, 2.45) is 0 Å². The van der Waals surface area contributed by atoms with E-state index in [0.29, 0.717) is 5.57 Å². The molecule has 21 heavy (non-hydrogen) atoms. The minimum atomic E-state index is -3.60. The van der Waals surface area contributed by atoms with Crippen LogP contribution in [0, 0.1) is 0 Å². The molecule has 2 aliphatic heterocycles. The molecule has 0 bridgehead atoms. The SMILES string of the molecule is CC(C)(C)OC(=O)C1=C(CBr)CS(=O)(=O)[C@@H]2[C@@H](Cl)C(=O)N12. The molecule has 0 saturated carbocycles. The van der Waals surface area contributed by atoms with Gasteiger partial charge in [-0.1, -0.05) is 15.9 Å². The van der Waals surface area contributed by atoms with Crippen LogP contribution in [0.1, 0.15) is 20.8 Å². The van der Waals surface area contributed by atoms with Gasteiger partial charge < -0.3 is 4.74 Å². The third-order valence-electron chi connectivity index (χ3n) is 3.05. The van der Waals surface area contributed by atoms with Gasteiger partial charge in [-0.05, 0) is 26.3 Å². The van der Waals surface area contributed by atoms with E-state index in [1.165, 1.54) is 0 Å². The van der Waals surface area contributed by atoms with Crippen molar-refractivity contribution in [3.63, 3.8) is 0 Å². The number of carbonyl (C=O) groups excluding carboxylic acids is 2. The number of amides is 1. The maximum Gasteiger partial charge on any atom is 0.355 e. The summed E-state index contributed by atoms with van der Waals surface area (Å²) in [6, 6.07) is 0. The van der Waals surface area contributed by atoms with E-state index in [-0.39, 0.29) is 16.8 Å². The minimum Gasteiger partial charge on any atom is -0.455 e. The molecule has 0 aliphatic carbocycles. The second kappa shape index (κ2) is 5.24. The van der Waals surface area contributed by atoms with E-state index >= 15 is 0 Å². The first-order valence-electron chi connectivity index (χ1n) is 6.19. The molecule has 9 heteroatoms. The molecule has 2 aliphatic rings. The molecule has 0 N–H and O–H groups in total. The summed E-state index contributed by atoms with van der Waals surface area (Å²) in [4.78, 5) is 25.1.